The molecule has 0 saturated carbocycles. The van der Waals surface area contributed by atoms with Gasteiger partial charge in [0.2, 0.25) is 0 Å². The van der Waals surface area contributed by atoms with Crippen LogP contribution in [0, 0.1) is 0 Å². The van der Waals surface area contributed by atoms with Gasteiger partial charge in [-0.05, 0) is 19.9 Å². The molecule has 0 aliphatic rings. The van der Waals surface area contributed by atoms with Crippen LogP contribution in [0.5, 0.6) is 0 Å². The molecular formula is C12H12ClN3O2S. The Bertz CT molecular complexity index is 604. The first-order chi connectivity index (χ1) is 9.04. The van der Waals surface area contributed by atoms with E-state index in [-0.39, 0.29) is 6.10 Å². The van der Waals surface area contributed by atoms with Crippen LogP contribution in [-0.4, -0.2) is 26.8 Å². The van der Waals surface area contributed by atoms with E-state index >= 15 is 0 Å². The zero-order chi connectivity index (χ0) is 13.8. The fraction of sp³-hybridized carbons (Fsp3) is 0.250. The maximum Gasteiger partial charge on any atom is 0.332 e. The molecular weight excluding hydrogens is 286 g/mol. The van der Waals surface area contributed by atoms with Gasteiger partial charge in [0.05, 0.1) is 10.4 Å². The zero-order valence-corrected chi connectivity index (χ0v) is 12.0. The molecule has 2 heterocycles. The molecule has 0 aromatic carbocycles. The van der Waals surface area contributed by atoms with Gasteiger partial charge in [0.1, 0.15) is 6.33 Å². The van der Waals surface area contributed by atoms with Crippen LogP contribution in [-0.2, 0) is 9.53 Å². The summed E-state index contributed by atoms with van der Waals surface area (Å²) in [6, 6.07) is 1.79. The Hall–Kier alpha value is -1.66. The maximum atomic E-state index is 11.3. The second-order valence-electron chi connectivity index (χ2n) is 3.99. The topological polar surface area (TPSA) is 57.0 Å². The number of esters is 1. The number of hydrogen-bond acceptors (Lipinski definition) is 5. The van der Waals surface area contributed by atoms with Gasteiger partial charge in [-0.1, -0.05) is 11.6 Å². The van der Waals surface area contributed by atoms with Crippen LogP contribution in [0.2, 0.25) is 4.34 Å². The number of ether oxygens (including phenoxy) is 1. The van der Waals surface area contributed by atoms with Crippen molar-refractivity contribution in [2.45, 2.75) is 20.0 Å². The van der Waals surface area contributed by atoms with Crippen molar-refractivity contribution < 1.29 is 9.53 Å². The van der Waals surface area contributed by atoms with Gasteiger partial charge in [-0.2, -0.15) is 0 Å². The third-order valence-electron chi connectivity index (χ3n) is 2.05. The van der Waals surface area contributed by atoms with Gasteiger partial charge in [0.15, 0.2) is 5.82 Å². The highest BCUT2D eigenvalue weighted by Gasteiger charge is 2.06. The van der Waals surface area contributed by atoms with E-state index < -0.39 is 5.97 Å². The Morgan fingerprint density at radius 3 is 3.00 bits per heavy atom. The van der Waals surface area contributed by atoms with Crippen molar-refractivity contribution in [3.8, 4) is 11.4 Å². The number of aromatic nitrogens is 3. The zero-order valence-electron chi connectivity index (χ0n) is 10.4. The lowest BCUT2D eigenvalue weighted by atomic mass is 10.3. The minimum absolute atomic E-state index is 0.142. The van der Waals surface area contributed by atoms with Gasteiger partial charge >= 0.3 is 5.97 Å². The quantitative estimate of drug-likeness (QED) is 0.643. The molecule has 19 heavy (non-hydrogen) atoms. The van der Waals surface area contributed by atoms with E-state index in [1.807, 2.05) is 5.38 Å². The second-order valence-corrected chi connectivity index (χ2v) is 5.53. The summed E-state index contributed by atoms with van der Waals surface area (Å²) in [5.74, 6) is 0.149. The van der Waals surface area contributed by atoms with Crippen LogP contribution >= 0.6 is 22.9 Å². The molecule has 0 amide bonds. The third kappa shape index (κ3) is 3.90. The molecule has 2 aromatic rings. The number of rotatable bonds is 4. The van der Waals surface area contributed by atoms with E-state index in [1.165, 1.54) is 34.6 Å². The van der Waals surface area contributed by atoms with Crippen molar-refractivity contribution >= 4 is 35.1 Å². The van der Waals surface area contributed by atoms with Crippen LogP contribution in [0.15, 0.2) is 23.8 Å². The van der Waals surface area contributed by atoms with E-state index in [0.29, 0.717) is 10.2 Å². The smallest absolute Gasteiger partial charge is 0.332 e. The fourth-order valence-corrected chi connectivity index (χ4v) is 2.17. The molecule has 0 saturated heterocycles. The molecule has 2 rings (SSSR count). The summed E-state index contributed by atoms with van der Waals surface area (Å²) in [7, 11) is 0. The van der Waals surface area contributed by atoms with Gasteiger partial charge < -0.3 is 4.74 Å². The van der Waals surface area contributed by atoms with Crippen LogP contribution in [0.3, 0.4) is 0 Å². The number of nitrogens with zero attached hydrogens (tertiary/aromatic N) is 3. The molecule has 7 heteroatoms. The van der Waals surface area contributed by atoms with E-state index in [9.17, 15) is 4.79 Å². The largest absolute Gasteiger partial charge is 0.460 e. The standard InChI is InChI=1S/C12H12ClN3O2S/c1-8(2)18-11(17)3-4-16-7-14-12(15-16)9-5-10(13)19-6-9/h3-8H,1-2H3/b4-3-. The Labute approximate surface area is 119 Å². The molecule has 100 valence electrons. The van der Waals surface area contributed by atoms with E-state index in [1.54, 1.807) is 19.9 Å². The first-order valence-electron chi connectivity index (χ1n) is 5.59. The molecule has 0 bridgehead atoms. The number of halogens is 1. The average molecular weight is 298 g/mol. The van der Waals surface area contributed by atoms with Crippen LogP contribution in [0.25, 0.3) is 17.6 Å². The minimum atomic E-state index is -0.411. The molecule has 0 atom stereocenters. The van der Waals surface area contributed by atoms with Crippen molar-refractivity contribution in [2.24, 2.45) is 0 Å². The summed E-state index contributed by atoms with van der Waals surface area (Å²) < 4.78 is 7.09. The van der Waals surface area contributed by atoms with Gasteiger partial charge in [0, 0.05) is 23.2 Å². The van der Waals surface area contributed by atoms with Gasteiger partial charge in [-0.3, -0.25) is 0 Å². The molecule has 0 aliphatic heterocycles. The monoisotopic (exact) mass is 297 g/mol. The van der Waals surface area contributed by atoms with E-state index in [0.717, 1.165) is 5.56 Å². The average Bonchev–Trinajstić information content (AvgIpc) is 2.94. The molecule has 0 unspecified atom stereocenters. The number of hydrogen-bond donors (Lipinski definition) is 0. The Balaban J connectivity index is 2.05. The fourth-order valence-electron chi connectivity index (χ4n) is 1.32. The number of thiophene rings is 1. The predicted molar refractivity (Wildman–Crippen MR) is 74.9 cm³/mol. The van der Waals surface area contributed by atoms with Crippen LogP contribution < -0.4 is 0 Å². The van der Waals surface area contributed by atoms with Gasteiger partial charge in [-0.15, -0.1) is 16.4 Å². The van der Waals surface area contributed by atoms with Crippen LogP contribution in [0.1, 0.15) is 13.8 Å². The first kappa shape index (κ1) is 13.8. The Morgan fingerprint density at radius 2 is 2.37 bits per heavy atom. The van der Waals surface area contributed by atoms with E-state index in [2.05, 4.69) is 10.1 Å². The summed E-state index contributed by atoms with van der Waals surface area (Å²) in [6.07, 6.45) is 4.17. The highest BCUT2D eigenvalue weighted by atomic mass is 35.5. The highest BCUT2D eigenvalue weighted by molar-refractivity contribution is 7.14. The van der Waals surface area contributed by atoms with Crippen molar-refractivity contribution in [3.63, 3.8) is 0 Å². The molecule has 2 aromatic heterocycles. The predicted octanol–water partition coefficient (Wildman–Crippen LogP) is 3.08. The molecule has 0 fully saturated rings. The summed E-state index contributed by atoms with van der Waals surface area (Å²) in [5.41, 5.74) is 0.854. The van der Waals surface area contributed by atoms with Gasteiger partial charge in [-0.25, -0.2) is 14.5 Å². The lowest BCUT2D eigenvalue weighted by Crippen LogP contribution is -2.08. The SMILES string of the molecule is CC(C)OC(=O)/C=C\n1cnc(-c2csc(Cl)c2)n1. The maximum absolute atomic E-state index is 11.3. The molecule has 0 spiro atoms. The van der Waals surface area contributed by atoms with Gasteiger partial charge in [0.25, 0.3) is 0 Å². The third-order valence-corrected chi connectivity index (χ3v) is 3.14. The molecule has 0 radical (unpaired) electrons. The van der Waals surface area contributed by atoms with Crippen molar-refractivity contribution in [3.05, 3.63) is 28.2 Å². The second kappa shape index (κ2) is 5.99. The Morgan fingerprint density at radius 1 is 1.58 bits per heavy atom. The lowest BCUT2D eigenvalue weighted by Gasteiger charge is -2.03. The summed E-state index contributed by atoms with van der Waals surface area (Å²) in [5, 5.41) is 6.08. The highest BCUT2D eigenvalue weighted by Crippen LogP contribution is 2.26. The lowest BCUT2D eigenvalue weighted by molar-refractivity contribution is -0.141. The van der Waals surface area contributed by atoms with Crippen molar-refractivity contribution in [2.75, 3.05) is 0 Å². The summed E-state index contributed by atoms with van der Waals surface area (Å²) >= 11 is 7.27. The molecule has 5 nitrogen and oxygen atoms in total. The van der Waals surface area contributed by atoms with Crippen molar-refractivity contribution in [1.82, 2.24) is 14.8 Å². The first-order valence-corrected chi connectivity index (χ1v) is 6.84. The minimum Gasteiger partial charge on any atom is -0.460 e. The number of carbonyl (C=O) groups excluding carboxylic acids is 1. The molecule has 0 N–H and O–H groups in total. The van der Waals surface area contributed by atoms with E-state index in [4.69, 9.17) is 16.3 Å². The summed E-state index contributed by atoms with van der Waals surface area (Å²) in [4.78, 5) is 15.5. The molecule has 0 aliphatic carbocycles. The summed E-state index contributed by atoms with van der Waals surface area (Å²) in [6.45, 7) is 3.58. The van der Waals surface area contributed by atoms with Crippen LogP contribution in [0.4, 0.5) is 0 Å². The normalized spacial score (nSPS) is 11.4. The number of carbonyl (C=O) groups is 1. The van der Waals surface area contributed by atoms with Crippen molar-refractivity contribution in [1.29, 1.82) is 0 Å². The Kier molecular flexibility index (Phi) is 4.34.